The van der Waals surface area contributed by atoms with Crippen LogP contribution < -0.4 is 10.6 Å². The zero-order valence-electron chi connectivity index (χ0n) is 11.3. The van der Waals surface area contributed by atoms with Crippen molar-refractivity contribution in [2.45, 2.75) is 19.9 Å². The largest absolute Gasteiger partial charge is 0.464 e. The van der Waals surface area contributed by atoms with Gasteiger partial charge in [0.05, 0.1) is 17.5 Å². The van der Waals surface area contributed by atoms with Crippen LogP contribution in [0.15, 0.2) is 34.1 Å². The molecular weight excluding hydrogens is 276 g/mol. The van der Waals surface area contributed by atoms with E-state index in [0.717, 1.165) is 5.76 Å². The number of hydrogen-bond donors (Lipinski definition) is 2. The molecule has 0 aliphatic rings. The highest BCUT2D eigenvalue weighted by atomic mass is 32.1. The molecule has 0 aliphatic heterocycles. The van der Waals surface area contributed by atoms with Crippen molar-refractivity contribution in [2.24, 2.45) is 0 Å². The van der Waals surface area contributed by atoms with Gasteiger partial charge in [0.1, 0.15) is 11.5 Å². The second kappa shape index (κ2) is 6.38. The van der Waals surface area contributed by atoms with Gasteiger partial charge < -0.3 is 15.1 Å². The van der Waals surface area contributed by atoms with Gasteiger partial charge in [-0.25, -0.2) is 0 Å². The smallest absolute Gasteiger partial charge is 0.261 e. The summed E-state index contributed by atoms with van der Waals surface area (Å²) in [7, 11) is 0. The Morgan fingerprint density at radius 3 is 2.75 bits per heavy atom. The molecule has 0 aromatic carbocycles. The van der Waals surface area contributed by atoms with E-state index in [1.54, 1.807) is 12.1 Å². The summed E-state index contributed by atoms with van der Waals surface area (Å²) < 4.78 is 5.43. The zero-order valence-corrected chi connectivity index (χ0v) is 12.1. The number of carbonyl (C=O) groups is 2. The molecule has 2 rings (SSSR count). The number of thiophene rings is 1. The van der Waals surface area contributed by atoms with Crippen LogP contribution in [0, 0.1) is 6.92 Å². The van der Waals surface area contributed by atoms with Crippen LogP contribution in [0.4, 0.5) is 0 Å². The number of aryl methyl sites for hydroxylation is 1. The molecular formula is C14H16N2O3S. The Morgan fingerprint density at radius 1 is 1.35 bits per heavy atom. The Labute approximate surface area is 121 Å². The number of nitrogens with one attached hydrogen (secondary N) is 2. The van der Waals surface area contributed by atoms with Crippen LogP contribution >= 0.6 is 11.3 Å². The minimum atomic E-state index is -0.253. The molecule has 5 nitrogen and oxygen atoms in total. The van der Waals surface area contributed by atoms with E-state index in [1.807, 2.05) is 31.4 Å². The van der Waals surface area contributed by atoms with Crippen LogP contribution in [0.25, 0.3) is 0 Å². The molecule has 2 aromatic heterocycles. The lowest BCUT2D eigenvalue weighted by molar-refractivity contribution is -0.120. The summed E-state index contributed by atoms with van der Waals surface area (Å²) in [6, 6.07) is 6.95. The van der Waals surface area contributed by atoms with Gasteiger partial charge in [-0.1, -0.05) is 6.07 Å². The van der Waals surface area contributed by atoms with Gasteiger partial charge in [-0.2, -0.15) is 0 Å². The molecule has 0 bridgehead atoms. The molecule has 0 radical (unpaired) electrons. The topological polar surface area (TPSA) is 71.3 Å². The van der Waals surface area contributed by atoms with Crippen molar-refractivity contribution in [3.05, 3.63) is 46.0 Å². The van der Waals surface area contributed by atoms with Gasteiger partial charge >= 0.3 is 0 Å². The Bertz CT molecular complexity index is 589. The van der Waals surface area contributed by atoms with Gasteiger partial charge in [-0.15, -0.1) is 11.3 Å². The number of rotatable bonds is 5. The van der Waals surface area contributed by atoms with Crippen LogP contribution in [0.1, 0.15) is 34.2 Å². The predicted molar refractivity (Wildman–Crippen MR) is 76.7 cm³/mol. The number of amides is 2. The van der Waals surface area contributed by atoms with Crippen molar-refractivity contribution >= 4 is 23.2 Å². The first-order chi connectivity index (χ1) is 9.56. The summed E-state index contributed by atoms with van der Waals surface area (Å²) in [6.45, 7) is 3.62. The zero-order chi connectivity index (χ0) is 14.5. The Hall–Kier alpha value is -2.08. The fraction of sp³-hybridized carbons (Fsp3) is 0.286. The van der Waals surface area contributed by atoms with Crippen molar-refractivity contribution in [3.63, 3.8) is 0 Å². The molecule has 0 aliphatic carbocycles. The summed E-state index contributed by atoms with van der Waals surface area (Å²) in [5.41, 5.74) is 0. The lowest BCUT2D eigenvalue weighted by Gasteiger charge is -2.11. The third-order valence-electron chi connectivity index (χ3n) is 2.72. The second-order valence-corrected chi connectivity index (χ2v) is 5.35. The third-order valence-corrected chi connectivity index (χ3v) is 3.59. The summed E-state index contributed by atoms with van der Waals surface area (Å²) >= 11 is 1.34. The van der Waals surface area contributed by atoms with Gasteiger partial charge in [-0.3, -0.25) is 9.59 Å². The predicted octanol–water partition coefficient (Wildman–Crippen LogP) is 2.26. The summed E-state index contributed by atoms with van der Waals surface area (Å²) in [4.78, 5) is 24.0. The highest BCUT2D eigenvalue weighted by Gasteiger charge is 2.14. The summed E-state index contributed by atoms with van der Waals surface area (Å²) in [6.07, 6.45) is 0. The maximum Gasteiger partial charge on any atom is 0.261 e. The van der Waals surface area contributed by atoms with Crippen molar-refractivity contribution < 1.29 is 14.0 Å². The van der Waals surface area contributed by atoms with Gasteiger partial charge in [0.15, 0.2) is 0 Å². The number of hydrogen-bond acceptors (Lipinski definition) is 4. The maximum atomic E-state index is 11.7. The Morgan fingerprint density at radius 2 is 2.15 bits per heavy atom. The van der Waals surface area contributed by atoms with E-state index in [9.17, 15) is 9.59 Å². The highest BCUT2D eigenvalue weighted by molar-refractivity contribution is 7.12. The molecule has 2 aromatic rings. The number of carbonyl (C=O) groups excluding carboxylic acids is 2. The van der Waals surface area contributed by atoms with Crippen molar-refractivity contribution in [2.75, 3.05) is 6.54 Å². The van der Waals surface area contributed by atoms with Crippen molar-refractivity contribution in [1.82, 2.24) is 10.6 Å². The summed E-state index contributed by atoms with van der Waals surface area (Å²) in [5.74, 6) is 1.00. The summed E-state index contributed by atoms with van der Waals surface area (Å²) in [5, 5.41) is 7.16. The molecule has 6 heteroatoms. The van der Waals surface area contributed by atoms with Crippen LogP contribution in [0.2, 0.25) is 0 Å². The molecule has 0 saturated carbocycles. The standard InChI is InChI=1S/C14H16N2O3S/c1-9-5-6-11(19-9)10(2)16-13(17)8-15-14(18)12-4-3-7-20-12/h3-7,10H,8H2,1-2H3,(H,15,18)(H,16,17). The Balaban J connectivity index is 1.79. The van der Waals surface area contributed by atoms with Crippen LogP contribution in [0.3, 0.4) is 0 Å². The minimum absolute atomic E-state index is 0.0548. The fourth-order valence-electron chi connectivity index (χ4n) is 1.71. The van der Waals surface area contributed by atoms with Crippen LogP contribution in [-0.2, 0) is 4.79 Å². The van der Waals surface area contributed by atoms with Crippen molar-refractivity contribution in [1.29, 1.82) is 0 Å². The van der Waals surface area contributed by atoms with E-state index >= 15 is 0 Å². The normalized spacial score (nSPS) is 11.9. The van der Waals surface area contributed by atoms with E-state index in [2.05, 4.69) is 10.6 Å². The van der Waals surface area contributed by atoms with Gasteiger partial charge in [0.2, 0.25) is 5.91 Å². The van der Waals surface area contributed by atoms with Gasteiger partial charge in [0.25, 0.3) is 5.91 Å². The lowest BCUT2D eigenvalue weighted by atomic mass is 10.2. The maximum absolute atomic E-state index is 11.7. The third kappa shape index (κ3) is 3.71. The van der Waals surface area contributed by atoms with E-state index in [1.165, 1.54) is 11.3 Å². The first-order valence-corrected chi connectivity index (χ1v) is 7.11. The monoisotopic (exact) mass is 292 g/mol. The van der Waals surface area contributed by atoms with E-state index in [0.29, 0.717) is 10.6 Å². The van der Waals surface area contributed by atoms with Crippen LogP contribution in [-0.4, -0.2) is 18.4 Å². The molecule has 1 unspecified atom stereocenters. The molecule has 2 amide bonds. The SMILES string of the molecule is Cc1ccc(C(C)NC(=O)CNC(=O)c2cccs2)o1. The van der Waals surface area contributed by atoms with E-state index < -0.39 is 0 Å². The second-order valence-electron chi connectivity index (χ2n) is 4.40. The minimum Gasteiger partial charge on any atom is -0.464 e. The molecule has 2 N–H and O–H groups in total. The average Bonchev–Trinajstić information content (AvgIpc) is 3.06. The lowest BCUT2D eigenvalue weighted by Crippen LogP contribution is -2.37. The molecule has 0 spiro atoms. The van der Waals surface area contributed by atoms with Crippen LogP contribution in [0.5, 0.6) is 0 Å². The highest BCUT2D eigenvalue weighted by Crippen LogP contribution is 2.15. The first kappa shape index (κ1) is 14.3. The van der Waals surface area contributed by atoms with E-state index in [4.69, 9.17) is 4.42 Å². The number of furan rings is 1. The quantitative estimate of drug-likeness (QED) is 0.888. The first-order valence-electron chi connectivity index (χ1n) is 6.23. The molecule has 0 fully saturated rings. The van der Waals surface area contributed by atoms with Gasteiger partial charge in [0, 0.05) is 0 Å². The molecule has 0 saturated heterocycles. The fourth-order valence-corrected chi connectivity index (χ4v) is 2.35. The molecule has 2 heterocycles. The molecule has 106 valence electrons. The molecule has 1 atom stereocenters. The van der Waals surface area contributed by atoms with Gasteiger partial charge in [-0.05, 0) is 37.4 Å². The van der Waals surface area contributed by atoms with E-state index in [-0.39, 0.29) is 24.4 Å². The average molecular weight is 292 g/mol. The molecule has 20 heavy (non-hydrogen) atoms. The Kier molecular flexibility index (Phi) is 4.57. The van der Waals surface area contributed by atoms with Crippen molar-refractivity contribution in [3.8, 4) is 0 Å².